The third-order valence-corrected chi connectivity index (χ3v) is 4.40. The third-order valence-electron chi connectivity index (χ3n) is 4.40. The molecule has 0 aromatic heterocycles. The van der Waals surface area contributed by atoms with Crippen LogP contribution >= 0.6 is 0 Å². The fourth-order valence-corrected chi connectivity index (χ4v) is 3.35. The highest BCUT2D eigenvalue weighted by Gasteiger charge is 2.62. The normalized spacial score (nSPS) is 29.6. The fourth-order valence-electron chi connectivity index (χ4n) is 3.35. The van der Waals surface area contributed by atoms with E-state index in [9.17, 15) is 0 Å². The minimum absolute atomic E-state index is 0.485. The topological polar surface area (TPSA) is 26.0 Å². The van der Waals surface area contributed by atoms with Crippen molar-refractivity contribution in [3.8, 4) is 0 Å². The first-order chi connectivity index (χ1) is 6.54. The van der Waals surface area contributed by atoms with E-state index in [0.717, 1.165) is 12.5 Å². The van der Waals surface area contributed by atoms with Gasteiger partial charge in [0.1, 0.15) is 0 Å². The first-order valence-corrected chi connectivity index (χ1v) is 6.24. The van der Waals surface area contributed by atoms with Crippen molar-refractivity contribution >= 4 is 0 Å². The van der Waals surface area contributed by atoms with E-state index < -0.39 is 0 Å². The van der Waals surface area contributed by atoms with Crippen LogP contribution < -0.4 is 5.73 Å². The van der Waals surface area contributed by atoms with Crippen LogP contribution in [0.15, 0.2) is 0 Å². The van der Waals surface area contributed by atoms with Crippen molar-refractivity contribution in [3.63, 3.8) is 0 Å². The summed E-state index contributed by atoms with van der Waals surface area (Å²) in [5.41, 5.74) is 7.00. The van der Waals surface area contributed by atoms with Gasteiger partial charge in [0.25, 0.3) is 0 Å². The van der Waals surface area contributed by atoms with Crippen LogP contribution in [-0.2, 0) is 0 Å². The summed E-state index contributed by atoms with van der Waals surface area (Å²) in [4.78, 5) is 0. The van der Waals surface area contributed by atoms with E-state index in [1.807, 2.05) is 0 Å². The van der Waals surface area contributed by atoms with E-state index in [2.05, 4.69) is 27.7 Å². The maximum absolute atomic E-state index is 6.01. The summed E-state index contributed by atoms with van der Waals surface area (Å²) in [6.07, 6.45) is 6.70. The zero-order chi connectivity index (χ0) is 10.8. The summed E-state index contributed by atoms with van der Waals surface area (Å²) in [6.45, 7) is 10.3. The second-order valence-corrected chi connectivity index (χ2v) is 5.70. The molecule has 0 aromatic carbocycles. The standard InChI is InChI=1S/C13H27N/c1-5-7-11(8-6-2)13(10-14)9-12(13,3)4/h11H,5-10,14H2,1-4H3. The molecule has 1 fully saturated rings. The monoisotopic (exact) mass is 197 g/mol. The molecule has 1 atom stereocenters. The van der Waals surface area contributed by atoms with Gasteiger partial charge in [-0.1, -0.05) is 53.4 Å². The quantitative estimate of drug-likeness (QED) is 0.692. The molecular formula is C13H27N. The van der Waals surface area contributed by atoms with E-state index in [4.69, 9.17) is 5.73 Å². The molecule has 1 nitrogen and oxygen atoms in total. The molecule has 1 aliphatic rings. The predicted molar refractivity (Wildman–Crippen MR) is 63.2 cm³/mol. The van der Waals surface area contributed by atoms with Crippen molar-refractivity contribution in [1.82, 2.24) is 0 Å². The molecule has 0 radical (unpaired) electrons. The van der Waals surface area contributed by atoms with Crippen LogP contribution in [0.5, 0.6) is 0 Å². The lowest BCUT2D eigenvalue weighted by molar-refractivity contribution is 0.220. The van der Waals surface area contributed by atoms with Crippen molar-refractivity contribution in [2.24, 2.45) is 22.5 Å². The van der Waals surface area contributed by atoms with Gasteiger partial charge in [-0.2, -0.15) is 0 Å². The van der Waals surface area contributed by atoms with Crippen LogP contribution in [-0.4, -0.2) is 6.54 Å². The Morgan fingerprint density at radius 1 is 1.14 bits per heavy atom. The van der Waals surface area contributed by atoms with Gasteiger partial charge >= 0.3 is 0 Å². The number of hydrogen-bond donors (Lipinski definition) is 1. The van der Waals surface area contributed by atoms with Gasteiger partial charge in [-0.05, 0) is 29.7 Å². The smallest absolute Gasteiger partial charge is 0.00125 e. The molecule has 0 aromatic rings. The van der Waals surface area contributed by atoms with E-state index in [0.29, 0.717) is 10.8 Å². The summed E-state index contributed by atoms with van der Waals surface area (Å²) >= 11 is 0. The highest BCUT2D eigenvalue weighted by Crippen LogP contribution is 2.68. The summed E-state index contributed by atoms with van der Waals surface area (Å²) in [6, 6.07) is 0. The average Bonchev–Trinajstić information content (AvgIpc) is 2.70. The Hall–Kier alpha value is -0.0400. The van der Waals surface area contributed by atoms with Crippen LogP contribution in [0.25, 0.3) is 0 Å². The molecule has 0 amide bonds. The Morgan fingerprint density at radius 2 is 1.57 bits per heavy atom. The first kappa shape index (κ1) is 12.0. The molecule has 2 N–H and O–H groups in total. The van der Waals surface area contributed by atoms with Crippen LogP contribution in [0.4, 0.5) is 0 Å². The summed E-state index contributed by atoms with van der Waals surface area (Å²) in [7, 11) is 0. The second kappa shape index (κ2) is 4.22. The molecular weight excluding hydrogens is 170 g/mol. The summed E-state index contributed by atoms with van der Waals surface area (Å²) < 4.78 is 0. The lowest BCUT2D eigenvalue weighted by atomic mass is 9.77. The van der Waals surface area contributed by atoms with Gasteiger partial charge in [-0.3, -0.25) is 0 Å². The van der Waals surface area contributed by atoms with Crippen molar-refractivity contribution in [1.29, 1.82) is 0 Å². The van der Waals surface area contributed by atoms with Gasteiger partial charge in [-0.15, -0.1) is 0 Å². The Bertz CT molecular complexity index is 180. The molecule has 14 heavy (non-hydrogen) atoms. The van der Waals surface area contributed by atoms with Crippen LogP contribution in [0, 0.1) is 16.7 Å². The van der Waals surface area contributed by atoms with Crippen molar-refractivity contribution in [2.45, 2.75) is 59.8 Å². The maximum Gasteiger partial charge on any atom is -0.00125 e. The van der Waals surface area contributed by atoms with Gasteiger partial charge in [0.15, 0.2) is 0 Å². The van der Waals surface area contributed by atoms with Gasteiger partial charge in [0.05, 0.1) is 0 Å². The fraction of sp³-hybridized carbons (Fsp3) is 1.00. The Balaban J connectivity index is 2.66. The SMILES string of the molecule is CCCC(CCC)C1(CN)CC1(C)C. The lowest BCUT2D eigenvalue weighted by Crippen LogP contribution is -2.29. The van der Waals surface area contributed by atoms with Crippen LogP contribution in [0.1, 0.15) is 59.8 Å². The van der Waals surface area contributed by atoms with E-state index in [1.165, 1.54) is 32.1 Å². The maximum atomic E-state index is 6.01. The largest absolute Gasteiger partial charge is 0.330 e. The molecule has 0 aliphatic heterocycles. The zero-order valence-electron chi connectivity index (χ0n) is 10.4. The molecule has 0 bridgehead atoms. The van der Waals surface area contributed by atoms with Crippen molar-refractivity contribution in [3.05, 3.63) is 0 Å². The lowest BCUT2D eigenvalue weighted by Gasteiger charge is -2.29. The molecule has 84 valence electrons. The number of hydrogen-bond acceptors (Lipinski definition) is 1. The highest BCUT2D eigenvalue weighted by atomic mass is 14.8. The third kappa shape index (κ3) is 1.84. The van der Waals surface area contributed by atoms with Gasteiger partial charge in [0.2, 0.25) is 0 Å². The number of nitrogens with two attached hydrogens (primary N) is 1. The van der Waals surface area contributed by atoms with Gasteiger partial charge < -0.3 is 5.73 Å². The van der Waals surface area contributed by atoms with Crippen LogP contribution in [0.2, 0.25) is 0 Å². The molecule has 0 saturated heterocycles. The predicted octanol–water partition coefficient (Wildman–Crippen LogP) is 3.58. The van der Waals surface area contributed by atoms with Gasteiger partial charge in [-0.25, -0.2) is 0 Å². The Kier molecular flexibility index (Phi) is 3.63. The molecule has 1 unspecified atom stereocenters. The van der Waals surface area contributed by atoms with E-state index >= 15 is 0 Å². The highest BCUT2D eigenvalue weighted by molar-refractivity contribution is 5.12. The Morgan fingerprint density at radius 3 is 1.79 bits per heavy atom. The molecule has 1 rings (SSSR count). The molecule has 1 aliphatic carbocycles. The van der Waals surface area contributed by atoms with Crippen LogP contribution in [0.3, 0.4) is 0 Å². The molecule has 0 spiro atoms. The number of rotatable bonds is 6. The summed E-state index contributed by atoms with van der Waals surface area (Å²) in [5.74, 6) is 0.873. The first-order valence-electron chi connectivity index (χ1n) is 6.24. The Labute approximate surface area is 89.5 Å². The summed E-state index contributed by atoms with van der Waals surface area (Å²) in [5, 5.41) is 0. The van der Waals surface area contributed by atoms with Gasteiger partial charge in [0, 0.05) is 0 Å². The van der Waals surface area contributed by atoms with E-state index in [1.54, 1.807) is 0 Å². The minimum Gasteiger partial charge on any atom is -0.330 e. The second-order valence-electron chi connectivity index (χ2n) is 5.70. The average molecular weight is 197 g/mol. The zero-order valence-corrected chi connectivity index (χ0v) is 10.4. The van der Waals surface area contributed by atoms with Crippen molar-refractivity contribution in [2.75, 3.05) is 6.54 Å². The molecule has 1 heteroatoms. The van der Waals surface area contributed by atoms with Crippen molar-refractivity contribution < 1.29 is 0 Å². The molecule has 0 heterocycles. The molecule has 1 saturated carbocycles. The minimum atomic E-state index is 0.485. The van der Waals surface area contributed by atoms with E-state index in [-0.39, 0.29) is 0 Å².